The molecule has 0 amide bonds. The standard InChI is InChI=1S/C21H43NO2/c1-4-5-6-7-8-9-10-11-12-13-14-15-16-19-22(2,3)20-17-18-21(23)24/h4-20H2,1-3H3. The van der Waals surface area contributed by atoms with Crippen LogP contribution in [-0.2, 0) is 4.79 Å². The van der Waals surface area contributed by atoms with Crippen LogP contribution in [0.5, 0.6) is 0 Å². The van der Waals surface area contributed by atoms with Gasteiger partial charge in [-0.2, -0.15) is 0 Å². The summed E-state index contributed by atoms with van der Waals surface area (Å²) in [5, 5.41) is 10.5. The minimum Gasteiger partial charge on any atom is -0.550 e. The molecule has 0 spiro atoms. The summed E-state index contributed by atoms with van der Waals surface area (Å²) in [6, 6.07) is 0. The van der Waals surface area contributed by atoms with E-state index < -0.39 is 5.97 Å². The topological polar surface area (TPSA) is 40.1 Å². The lowest BCUT2D eigenvalue weighted by Crippen LogP contribution is -2.41. The fraction of sp³-hybridized carbons (Fsp3) is 0.952. The molecule has 0 saturated carbocycles. The maximum Gasteiger partial charge on any atom is 0.0786 e. The summed E-state index contributed by atoms with van der Waals surface area (Å²) < 4.78 is 0.936. The number of hydrogen-bond acceptors (Lipinski definition) is 2. The number of aliphatic carboxylic acids is 1. The van der Waals surface area contributed by atoms with Crippen molar-refractivity contribution in [1.29, 1.82) is 0 Å². The summed E-state index contributed by atoms with van der Waals surface area (Å²) in [4.78, 5) is 10.5. The van der Waals surface area contributed by atoms with Crippen LogP contribution in [0.3, 0.4) is 0 Å². The van der Waals surface area contributed by atoms with E-state index in [0.717, 1.165) is 24.0 Å². The maximum absolute atomic E-state index is 10.5. The number of carbonyl (C=O) groups excluding carboxylic acids is 1. The van der Waals surface area contributed by atoms with E-state index in [2.05, 4.69) is 21.0 Å². The second-order valence-corrected chi connectivity index (χ2v) is 8.10. The van der Waals surface area contributed by atoms with E-state index in [0.29, 0.717) is 0 Å². The molecule has 0 fully saturated rings. The van der Waals surface area contributed by atoms with E-state index in [1.807, 2.05) is 0 Å². The highest BCUT2D eigenvalue weighted by molar-refractivity contribution is 5.64. The molecule has 0 N–H and O–H groups in total. The van der Waals surface area contributed by atoms with Gasteiger partial charge in [-0.15, -0.1) is 0 Å². The zero-order valence-corrected chi connectivity index (χ0v) is 16.8. The first-order valence-electron chi connectivity index (χ1n) is 10.5. The molecule has 24 heavy (non-hydrogen) atoms. The van der Waals surface area contributed by atoms with Gasteiger partial charge in [-0.1, -0.05) is 77.6 Å². The maximum atomic E-state index is 10.5. The van der Waals surface area contributed by atoms with E-state index in [1.54, 1.807) is 0 Å². The van der Waals surface area contributed by atoms with Crippen molar-refractivity contribution < 1.29 is 14.4 Å². The summed E-state index contributed by atoms with van der Waals surface area (Å²) in [6.45, 7) is 4.37. The third-order valence-corrected chi connectivity index (χ3v) is 5.01. The first-order chi connectivity index (χ1) is 11.5. The Hall–Kier alpha value is -0.570. The molecular weight excluding hydrogens is 298 g/mol. The number of carboxylic acids is 1. The van der Waals surface area contributed by atoms with Gasteiger partial charge >= 0.3 is 0 Å². The van der Waals surface area contributed by atoms with Crippen molar-refractivity contribution in [1.82, 2.24) is 0 Å². The zero-order chi connectivity index (χ0) is 18.1. The monoisotopic (exact) mass is 341 g/mol. The number of carbonyl (C=O) groups is 1. The Morgan fingerprint density at radius 3 is 1.46 bits per heavy atom. The molecule has 0 bridgehead atoms. The average Bonchev–Trinajstić information content (AvgIpc) is 2.51. The van der Waals surface area contributed by atoms with Crippen LogP contribution in [0, 0.1) is 0 Å². The lowest BCUT2D eigenvalue weighted by Gasteiger charge is -2.30. The van der Waals surface area contributed by atoms with Crippen molar-refractivity contribution in [2.45, 2.75) is 103 Å². The normalized spacial score (nSPS) is 11.8. The lowest BCUT2D eigenvalue weighted by atomic mass is 10.0. The molecule has 0 radical (unpaired) electrons. The molecule has 3 nitrogen and oxygen atoms in total. The fourth-order valence-electron chi connectivity index (χ4n) is 3.32. The predicted octanol–water partition coefficient (Wildman–Crippen LogP) is 4.68. The Labute approximate surface area is 151 Å². The van der Waals surface area contributed by atoms with Crippen molar-refractivity contribution in [2.24, 2.45) is 0 Å². The second-order valence-electron chi connectivity index (χ2n) is 8.10. The van der Waals surface area contributed by atoms with E-state index >= 15 is 0 Å². The third kappa shape index (κ3) is 17.8. The summed E-state index contributed by atoms with van der Waals surface area (Å²) >= 11 is 0. The number of unbranched alkanes of at least 4 members (excludes halogenated alkanes) is 12. The second kappa shape index (κ2) is 15.9. The third-order valence-electron chi connectivity index (χ3n) is 5.01. The van der Waals surface area contributed by atoms with Crippen LogP contribution in [0.4, 0.5) is 0 Å². The lowest BCUT2D eigenvalue weighted by molar-refractivity contribution is -0.890. The smallest absolute Gasteiger partial charge is 0.0786 e. The van der Waals surface area contributed by atoms with Crippen molar-refractivity contribution in [3.63, 3.8) is 0 Å². The van der Waals surface area contributed by atoms with Crippen molar-refractivity contribution in [3.8, 4) is 0 Å². The van der Waals surface area contributed by atoms with Crippen LogP contribution in [0.15, 0.2) is 0 Å². The number of quaternary nitrogens is 1. The molecule has 0 aromatic rings. The van der Waals surface area contributed by atoms with E-state index in [9.17, 15) is 9.90 Å². The van der Waals surface area contributed by atoms with E-state index in [4.69, 9.17) is 0 Å². The highest BCUT2D eigenvalue weighted by atomic mass is 16.4. The van der Waals surface area contributed by atoms with Gasteiger partial charge in [0.15, 0.2) is 0 Å². The first kappa shape index (κ1) is 23.4. The quantitative estimate of drug-likeness (QED) is 0.268. The Kier molecular flexibility index (Phi) is 15.6. The van der Waals surface area contributed by atoms with Gasteiger partial charge in [0, 0.05) is 12.4 Å². The molecule has 0 aromatic carbocycles. The van der Waals surface area contributed by atoms with Crippen molar-refractivity contribution in [2.75, 3.05) is 27.2 Å². The van der Waals surface area contributed by atoms with Gasteiger partial charge < -0.3 is 14.4 Å². The van der Waals surface area contributed by atoms with E-state index in [-0.39, 0.29) is 6.42 Å². The number of carboxylic acid groups (broad SMARTS) is 1. The molecule has 0 atom stereocenters. The summed E-state index contributed by atoms with van der Waals surface area (Å²) in [5.41, 5.74) is 0. The average molecular weight is 342 g/mol. The largest absolute Gasteiger partial charge is 0.550 e. The van der Waals surface area contributed by atoms with E-state index in [1.165, 1.54) is 83.5 Å². The Morgan fingerprint density at radius 2 is 1.04 bits per heavy atom. The molecule has 0 aliphatic heterocycles. The van der Waals surface area contributed by atoms with Crippen molar-refractivity contribution >= 4 is 5.97 Å². The van der Waals surface area contributed by atoms with Crippen LogP contribution in [0.1, 0.15) is 103 Å². The van der Waals surface area contributed by atoms with Gasteiger partial charge in [-0.25, -0.2) is 0 Å². The molecular formula is C21H43NO2. The summed E-state index contributed by atoms with van der Waals surface area (Å²) in [5.74, 6) is -0.920. The summed E-state index contributed by atoms with van der Waals surface area (Å²) in [6.07, 6.45) is 19.0. The Bertz CT molecular complexity index is 290. The molecule has 0 aliphatic rings. The molecule has 0 saturated heterocycles. The van der Waals surface area contributed by atoms with Gasteiger partial charge in [0.05, 0.1) is 27.2 Å². The van der Waals surface area contributed by atoms with Gasteiger partial charge in [0.1, 0.15) is 0 Å². The van der Waals surface area contributed by atoms with Crippen LogP contribution in [0.25, 0.3) is 0 Å². The van der Waals surface area contributed by atoms with Crippen LogP contribution in [-0.4, -0.2) is 37.6 Å². The van der Waals surface area contributed by atoms with Gasteiger partial charge in [-0.3, -0.25) is 0 Å². The zero-order valence-electron chi connectivity index (χ0n) is 16.8. The van der Waals surface area contributed by atoms with Gasteiger partial charge in [0.2, 0.25) is 0 Å². The molecule has 0 unspecified atom stereocenters. The number of hydrogen-bond donors (Lipinski definition) is 0. The van der Waals surface area contributed by atoms with Crippen LogP contribution >= 0.6 is 0 Å². The Balaban J connectivity index is 3.27. The molecule has 3 heteroatoms. The molecule has 0 aromatic heterocycles. The van der Waals surface area contributed by atoms with Gasteiger partial charge in [0.25, 0.3) is 0 Å². The first-order valence-corrected chi connectivity index (χ1v) is 10.5. The molecule has 0 rings (SSSR count). The van der Waals surface area contributed by atoms with Crippen LogP contribution < -0.4 is 5.11 Å². The highest BCUT2D eigenvalue weighted by Gasteiger charge is 2.13. The predicted molar refractivity (Wildman–Crippen MR) is 102 cm³/mol. The number of nitrogens with zero attached hydrogens (tertiary/aromatic N) is 1. The minimum atomic E-state index is -0.920. The Morgan fingerprint density at radius 1 is 0.667 bits per heavy atom. The SMILES string of the molecule is CCCCCCCCCCCCCCC[N+](C)(C)CCCC(=O)[O-]. The fourth-order valence-corrected chi connectivity index (χ4v) is 3.32. The molecule has 0 aliphatic carbocycles. The van der Waals surface area contributed by atoms with Crippen LogP contribution in [0.2, 0.25) is 0 Å². The molecule has 0 heterocycles. The van der Waals surface area contributed by atoms with Crippen molar-refractivity contribution in [3.05, 3.63) is 0 Å². The highest BCUT2D eigenvalue weighted by Crippen LogP contribution is 2.13. The number of rotatable bonds is 18. The van der Waals surface area contributed by atoms with Gasteiger partial charge in [-0.05, 0) is 19.3 Å². The molecule has 144 valence electrons. The minimum absolute atomic E-state index is 0.195. The summed E-state index contributed by atoms with van der Waals surface area (Å²) in [7, 11) is 4.41.